The number of carboxylic acids is 1. The highest BCUT2D eigenvalue weighted by atomic mass is 16.4. The Hall–Kier alpha value is -3.48. The fraction of sp³-hybridized carbons (Fsp3) is 0.455. The molecule has 1 aromatic rings. The van der Waals surface area contributed by atoms with Crippen molar-refractivity contribution >= 4 is 35.0 Å². The zero-order valence-electron chi connectivity index (χ0n) is 18.0. The summed E-state index contributed by atoms with van der Waals surface area (Å²) >= 11 is 0. The van der Waals surface area contributed by atoms with Gasteiger partial charge in [0.25, 0.3) is 0 Å². The van der Waals surface area contributed by atoms with Gasteiger partial charge in [-0.15, -0.1) is 0 Å². The van der Waals surface area contributed by atoms with E-state index in [0.717, 1.165) is 6.07 Å². The van der Waals surface area contributed by atoms with Crippen molar-refractivity contribution in [2.45, 2.75) is 23.7 Å². The number of phenolic OH excluding ortho intramolecular Hbond substituents is 1. The second kappa shape index (κ2) is 7.52. The highest BCUT2D eigenvalue weighted by Crippen LogP contribution is 2.54. The molecule has 3 aliphatic carbocycles. The minimum atomic E-state index is -3.18. The number of fused-ring (bicyclic) bond motifs is 3. The van der Waals surface area contributed by atoms with Crippen molar-refractivity contribution in [3.8, 4) is 5.75 Å². The van der Waals surface area contributed by atoms with Crippen molar-refractivity contribution in [1.29, 1.82) is 0 Å². The molecule has 0 bridgehead atoms. The van der Waals surface area contributed by atoms with Crippen LogP contribution in [0.3, 0.4) is 0 Å². The highest BCUT2D eigenvalue weighted by molar-refractivity contribution is 6.32. The van der Waals surface area contributed by atoms with Gasteiger partial charge in [-0.05, 0) is 25.7 Å². The van der Waals surface area contributed by atoms with E-state index in [0.29, 0.717) is 0 Å². The number of aromatic hydroxyl groups is 1. The molecule has 0 saturated heterocycles. The lowest BCUT2D eigenvalue weighted by atomic mass is 9.49. The third kappa shape index (κ3) is 2.76. The summed E-state index contributed by atoms with van der Waals surface area (Å²) in [5.41, 5.74) is 1.41. The van der Waals surface area contributed by atoms with E-state index >= 15 is 0 Å². The first-order valence-corrected chi connectivity index (χ1v) is 10.4. The first-order valence-electron chi connectivity index (χ1n) is 10.4. The van der Waals surface area contributed by atoms with Crippen LogP contribution in [0, 0.1) is 23.7 Å². The molecule has 0 radical (unpaired) electrons. The molecular formula is C22H22N2O10. The molecule has 180 valence electrons. The lowest BCUT2D eigenvalue weighted by molar-refractivity contribution is -0.197. The van der Waals surface area contributed by atoms with Gasteiger partial charge in [-0.25, -0.2) is 0 Å². The second-order valence-electron chi connectivity index (χ2n) is 9.13. The Kier molecular flexibility index (Phi) is 5.23. The number of nitrogens with two attached hydrogens (primary N) is 1. The Bertz CT molecular complexity index is 1180. The largest absolute Gasteiger partial charge is 0.507 e. The summed E-state index contributed by atoms with van der Waals surface area (Å²) in [5.74, 6) is -18.2. The van der Waals surface area contributed by atoms with Crippen LogP contribution in [-0.4, -0.2) is 92.2 Å². The maximum absolute atomic E-state index is 13.7. The number of aliphatic hydroxyl groups is 2. The minimum absolute atomic E-state index is 0.152. The molecule has 2 fully saturated rings. The fourth-order valence-corrected chi connectivity index (χ4v) is 5.93. The molecule has 12 nitrogen and oxygen atoms in total. The van der Waals surface area contributed by atoms with Gasteiger partial charge in [-0.2, -0.15) is 0 Å². The summed E-state index contributed by atoms with van der Waals surface area (Å²) in [6, 6.07) is 2.07. The molecule has 1 aromatic carbocycles. The number of primary amides is 1. The fourth-order valence-electron chi connectivity index (χ4n) is 5.93. The predicted molar refractivity (Wildman–Crippen MR) is 109 cm³/mol. The van der Waals surface area contributed by atoms with E-state index in [-0.39, 0.29) is 5.56 Å². The molecule has 0 aromatic heterocycles. The zero-order valence-corrected chi connectivity index (χ0v) is 18.0. The summed E-state index contributed by atoms with van der Waals surface area (Å²) < 4.78 is 0. The van der Waals surface area contributed by atoms with E-state index in [1.165, 1.54) is 31.1 Å². The topological polar surface area (TPSA) is 213 Å². The van der Waals surface area contributed by atoms with Gasteiger partial charge >= 0.3 is 5.97 Å². The van der Waals surface area contributed by atoms with Crippen LogP contribution in [0.25, 0.3) is 0 Å². The van der Waals surface area contributed by atoms with Gasteiger partial charge in [0.1, 0.15) is 5.75 Å². The summed E-state index contributed by atoms with van der Waals surface area (Å²) in [7, 11) is 2.68. The van der Waals surface area contributed by atoms with Crippen molar-refractivity contribution < 1.29 is 49.2 Å². The van der Waals surface area contributed by atoms with Crippen LogP contribution in [0.1, 0.15) is 21.8 Å². The van der Waals surface area contributed by atoms with Crippen LogP contribution in [0.2, 0.25) is 0 Å². The number of ketones is 4. The van der Waals surface area contributed by atoms with Crippen LogP contribution in [0.4, 0.5) is 0 Å². The number of phenols is 1. The molecule has 6 N–H and O–H groups in total. The number of carbonyl (C=O) groups is 6. The first kappa shape index (κ1) is 23.7. The molecule has 8 atom stereocenters. The van der Waals surface area contributed by atoms with Crippen molar-refractivity contribution in [2.75, 3.05) is 14.1 Å². The Morgan fingerprint density at radius 3 is 2.24 bits per heavy atom. The van der Waals surface area contributed by atoms with Gasteiger partial charge in [0.2, 0.25) is 5.91 Å². The van der Waals surface area contributed by atoms with Crippen molar-refractivity contribution in [3.63, 3.8) is 0 Å². The van der Waals surface area contributed by atoms with E-state index in [2.05, 4.69) is 0 Å². The van der Waals surface area contributed by atoms with E-state index in [1.807, 2.05) is 0 Å². The molecular weight excluding hydrogens is 452 g/mol. The van der Waals surface area contributed by atoms with Gasteiger partial charge in [-0.3, -0.25) is 33.7 Å². The Labute approximate surface area is 191 Å². The maximum Gasteiger partial charge on any atom is 0.311 e. The molecule has 2 saturated carbocycles. The summed E-state index contributed by atoms with van der Waals surface area (Å²) in [4.78, 5) is 78.6. The monoisotopic (exact) mass is 474 g/mol. The number of hydrogen-bond acceptors (Lipinski definition) is 10. The molecule has 3 aliphatic rings. The smallest absolute Gasteiger partial charge is 0.311 e. The molecule has 1 amide bonds. The molecule has 2 unspecified atom stereocenters. The lowest BCUT2D eigenvalue weighted by Gasteiger charge is -2.55. The van der Waals surface area contributed by atoms with Gasteiger partial charge in [0.15, 0.2) is 34.7 Å². The van der Waals surface area contributed by atoms with E-state index < -0.39 is 93.7 Å². The summed E-state index contributed by atoms with van der Waals surface area (Å²) in [6.07, 6.45) is -2.01. The Morgan fingerprint density at radius 1 is 1.09 bits per heavy atom. The van der Waals surface area contributed by atoms with E-state index in [9.17, 15) is 49.2 Å². The van der Waals surface area contributed by atoms with E-state index in [1.54, 1.807) is 0 Å². The van der Waals surface area contributed by atoms with Crippen LogP contribution in [0.5, 0.6) is 5.75 Å². The number of rotatable bonds is 3. The van der Waals surface area contributed by atoms with Gasteiger partial charge in [-0.1, -0.05) is 12.1 Å². The number of carboxylic acid groups (broad SMARTS) is 1. The second-order valence-corrected chi connectivity index (χ2v) is 9.13. The number of amides is 1. The van der Waals surface area contributed by atoms with Crippen LogP contribution in [-0.2, 0) is 24.0 Å². The summed E-state index contributed by atoms with van der Waals surface area (Å²) in [5, 5.41) is 43.0. The molecule has 12 heteroatoms. The number of aliphatic hydroxyl groups excluding tert-OH is 1. The SMILES string of the molecule is CN(C)[C@@H]1C(=O)C(C(N)=O)C(=O)[C@@]2(O)C(=O)C3C(=O)c4c(O)cccc4[C@@H](C(=O)O)[C@H]3[C@H](O)[C@@H]12. The average molecular weight is 474 g/mol. The van der Waals surface area contributed by atoms with Crippen LogP contribution in [0.15, 0.2) is 18.2 Å². The standard InChI is InChI=1S/C22H22N2O10/c1-24(2)14-13-16(27)10-9(21(32)33)6-4-3-5-7(25)8(6)15(26)11(10)18(29)22(13,34)19(30)12(17(14)28)20(23)31/h3-5,9-14,16,25,27,34H,1-2H3,(H2,23,31)(H,32,33)/t9-,10-,11?,12?,13-,14+,16+,22+/m1/s1. The maximum atomic E-state index is 13.7. The zero-order chi connectivity index (χ0) is 25.4. The van der Waals surface area contributed by atoms with Crippen LogP contribution >= 0.6 is 0 Å². The molecule has 0 aliphatic heterocycles. The number of aliphatic carboxylic acids is 1. The number of carbonyl (C=O) groups excluding carboxylic acids is 5. The number of likely N-dealkylation sites (N-methyl/N-ethyl adjacent to an activating group) is 1. The van der Waals surface area contributed by atoms with Crippen molar-refractivity contribution in [2.24, 2.45) is 29.4 Å². The Morgan fingerprint density at radius 2 is 1.71 bits per heavy atom. The lowest BCUT2D eigenvalue weighted by Crippen LogP contribution is -2.78. The number of benzene rings is 1. The van der Waals surface area contributed by atoms with Crippen LogP contribution < -0.4 is 5.73 Å². The molecule has 4 rings (SSSR count). The quantitative estimate of drug-likeness (QED) is 0.288. The average Bonchev–Trinajstić information content (AvgIpc) is 2.73. The van der Waals surface area contributed by atoms with Crippen molar-refractivity contribution in [3.05, 3.63) is 29.3 Å². The number of Topliss-reactive ketones (excluding diaryl/α,β-unsaturated/α-hetero) is 4. The molecule has 0 spiro atoms. The predicted octanol–water partition coefficient (Wildman–Crippen LogP) is -2.54. The summed E-state index contributed by atoms with van der Waals surface area (Å²) in [6.45, 7) is 0. The third-order valence-corrected chi connectivity index (χ3v) is 7.27. The van der Waals surface area contributed by atoms with E-state index in [4.69, 9.17) is 5.73 Å². The third-order valence-electron chi connectivity index (χ3n) is 7.27. The van der Waals surface area contributed by atoms with Gasteiger partial charge in [0.05, 0.1) is 35.5 Å². The van der Waals surface area contributed by atoms with Gasteiger partial charge < -0.3 is 26.2 Å². The number of nitrogens with zero attached hydrogens (tertiary/aromatic N) is 1. The molecule has 0 heterocycles. The number of hydrogen-bond donors (Lipinski definition) is 5. The first-order chi connectivity index (χ1) is 15.8. The Balaban J connectivity index is 2.01. The normalized spacial score (nSPS) is 37.1. The van der Waals surface area contributed by atoms with Crippen molar-refractivity contribution in [1.82, 2.24) is 4.90 Å². The highest BCUT2D eigenvalue weighted by Gasteiger charge is 2.73. The molecule has 34 heavy (non-hydrogen) atoms. The van der Waals surface area contributed by atoms with Gasteiger partial charge in [0, 0.05) is 5.92 Å². The minimum Gasteiger partial charge on any atom is -0.507 e.